The third-order valence-corrected chi connectivity index (χ3v) is 13.4. The van der Waals surface area contributed by atoms with E-state index in [1.807, 2.05) is 6.92 Å². The van der Waals surface area contributed by atoms with E-state index in [0.29, 0.717) is 24.2 Å². The fraction of sp³-hybridized carbons (Fsp3) is 0.900. The predicted molar refractivity (Wildman–Crippen MR) is 134 cm³/mol. The van der Waals surface area contributed by atoms with E-state index in [0.717, 1.165) is 51.4 Å². The molecule has 34 heavy (non-hydrogen) atoms. The number of rotatable bonds is 1. The lowest BCUT2D eigenvalue weighted by molar-refractivity contribution is -0.243. The number of carbonyl (C=O) groups is 1. The van der Waals surface area contributed by atoms with E-state index in [1.54, 1.807) is 5.57 Å². The molecule has 0 aromatic heterocycles. The molecule has 5 rings (SSSR count). The molecule has 5 aliphatic carbocycles. The van der Waals surface area contributed by atoms with E-state index >= 15 is 0 Å². The number of fused-ring (bicyclic) bond motifs is 7. The molecule has 192 valence electrons. The van der Waals surface area contributed by atoms with E-state index in [1.165, 1.54) is 0 Å². The van der Waals surface area contributed by atoms with Crippen molar-refractivity contribution < 1.29 is 20.1 Å². The maximum atomic E-state index is 12.2. The summed E-state index contributed by atoms with van der Waals surface area (Å²) < 4.78 is 0. The van der Waals surface area contributed by atoms with Crippen LogP contribution < -0.4 is 0 Å². The molecular formula is C30H48O4. The molecule has 0 unspecified atom stereocenters. The number of hydrogen-bond acceptors (Lipinski definition) is 3. The van der Waals surface area contributed by atoms with Crippen LogP contribution in [0, 0.1) is 50.2 Å². The van der Waals surface area contributed by atoms with Crippen LogP contribution in [0.1, 0.15) is 106 Å². The minimum Gasteiger partial charge on any atom is -0.481 e. The highest BCUT2D eigenvalue weighted by Crippen LogP contribution is 2.75. The Labute approximate surface area is 206 Å². The summed E-state index contributed by atoms with van der Waals surface area (Å²) in [6.07, 6.45) is 10.0. The fourth-order valence-electron chi connectivity index (χ4n) is 10.5. The average Bonchev–Trinajstić information content (AvgIpc) is 2.74. The SMILES string of the molecule is CC1(C)[C@H]2CC[C@]3(C)[C@H](CC=C4[C@@H]5C[C@](C)(C(=O)O)CC[C@]5(C)CC[C@]43C)[C@@]2(C)[C@@H](O)C[C@@H]1O. The van der Waals surface area contributed by atoms with Crippen LogP contribution in [0.2, 0.25) is 0 Å². The van der Waals surface area contributed by atoms with Crippen LogP contribution in [-0.4, -0.2) is 33.5 Å². The second kappa shape index (κ2) is 7.12. The van der Waals surface area contributed by atoms with Gasteiger partial charge in [0.1, 0.15) is 0 Å². The number of aliphatic carboxylic acids is 1. The molecule has 0 aromatic carbocycles. The molecule has 10 atom stereocenters. The third kappa shape index (κ3) is 2.82. The van der Waals surface area contributed by atoms with Crippen molar-refractivity contribution >= 4 is 5.97 Å². The molecule has 0 bridgehead atoms. The number of carboxylic acid groups (broad SMARTS) is 1. The summed E-state index contributed by atoms with van der Waals surface area (Å²) in [6, 6.07) is 0. The first kappa shape index (κ1) is 24.8. The molecule has 0 aliphatic heterocycles. The van der Waals surface area contributed by atoms with Gasteiger partial charge in [-0.05, 0) is 97.7 Å². The highest BCUT2D eigenvalue weighted by atomic mass is 16.4. The summed E-state index contributed by atoms with van der Waals surface area (Å²) >= 11 is 0. The van der Waals surface area contributed by atoms with Gasteiger partial charge in [-0.3, -0.25) is 4.79 Å². The van der Waals surface area contributed by atoms with Crippen LogP contribution in [0.3, 0.4) is 0 Å². The monoisotopic (exact) mass is 472 g/mol. The van der Waals surface area contributed by atoms with Gasteiger partial charge in [0.25, 0.3) is 0 Å². The van der Waals surface area contributed by atoms with E-state index in [-0.39, 0.29) is 27.1 Å². The summed E-state index contributed by atoms with van der Waals surface area (Å²) in [5.41, 5.74) is 0.789. The molecule has 0 aromatic rings. The number of hydrogen-bond donors (Lipinski definition) is 3. The van der Waals surface area contributed by atoms with Crippen LogP contribution in [0.4, 0.5) is 0 Å². The molecule has 4 nitrogen and oxygen atoms in total. The van der Waals surface area contributed by atoms with Crippen molar-refractivity contribution in [2.75, 3.05) is 0 Å². The van der Waals surface area contributed by atoms with Crippen LogP contribution in [-0.2, 0) is 4.79 Å². The van der Waals surface area contributed by atoms with Crippen LogP contribution >= 0.6 is 0 Å². The lowest BCUT2D eigenvalue weighted by Gasteiger charge is -2.72. The Morgan fingerprint density at radius 1 is 0.882 bits per heavy atom. The van der Waals surface area contributed by atoms with E-state index < -0.39 is 23.6 Å². The third-order valence-electron chi connectivity index (χ3n) is 13.4. The lowest BCUT2D eigenvalue weighted by atomic mass is 9.33. The van der Waals surface area contributed by atoms with E-state index in [4.69, 9.17) is 0 Å². The second-order valence-electron chi connectivity index (χ2n) is 15.0. The van der Waals surface area contributed by atoms with Gasteiger partial charge < -0.3 is 15.3 Å². The first-order chi connectivity index (χ1) is 15.6. The minimum absolute atomic E-state index is 0.0325. The van der Waals surface area contributed by atoms with E-state index in [2.05, 4.69) is 47.6 Å². The quantitative estimate of drug-likeness (QED) is 0.397. The Morgan fingerprint density at radius 3 is 2.18 bits per heavy atom. The Hall–Kier alpha value is -0.870. The van der Waals surface area contributed by atoms with Crippen LogP contribution in [0.15, 0.2) is 11.6 Å². The number of carboxylic acids is 1. The van der Waals surface area contributed by atoms with Gasteiger partial charge in [-0.15, -0.1) is 0 Å². The smallest absolute Gasteiger partial charge is 0.309 e. The van der Waals surface area contributed by atoms with Gasteiger partial charge in [0.15, 0.2) is 0 Å². The summed E-state index contributed by atoms with van der Waals surface area (Å²) in [5.74, 6) is 0.364. The largest absolute Gasteiger partial charge is 0.481 e. The normalized spacial score (nSPS) is 56.3. The topological polar surface area (TPSA) is 77.8 Å². The van der Waals surface area contributed by atoms with Crippen molar-refractivity contribution in [1.29, 1.82) is 0 Å². The molecule has 0 amide bonds. The summed E-state index contributed by atoms with van der Waals surface area (Å²) in [7, 11) is 0. The van der Waals surface area contributed by atoms with Gasteiger partial charge in [0.2, 0.25) is 0 Å². The highest BCUT2D eigenvalue weighted by Gasteiger charge is 2.70. The van der Waals surface area contributed by atoms with Gasteiger partial charge in [-0.1, -0.05) is 53.2 Å². The maximum Gasteiger partial charge on any atom is 0.309 e. The zero-order chi connectivity index (χ0) is 25.1. The maximum absolute atomic E-state index is 12.2. The van der Waals surface area contributed by atoms with Gasteiger partial charge in [0, 0.05) is 11.8 Å². The summed E-state index contributed by atoms with van der Waals surface area (Å²) in [6.45, 7) is 16.1. The Balaban J connectivity index is 1.59. The van der Waals surface area contributed by atoms with Crippen molar-refractivity contribution in [2.45, 2.75) is 118 Å². The number of aliphatic hydroxyl groups is 2. The van der Waals surface area contributed by atoms with Crippen molar-refractivity contribution in [3.05, 3.63) is 11.6 Å². The standard InChI is InChI=1S/C30H48O4/c1-25(2)20-10-11-29(6)21(30(20,7)23(32)16-22(25)31)9-8-18-19-17-27(4,24(33)34)13-12-26(19,3)14-15-28(18,29)5/h8,19-23,31-32H,9-17H2,1-7H3,(H,33,34)/t19-,20+,21-,22-,23-,26+,27+,28+,29+,30-/m0/s1. The van der Waals surface area contributed by atoms with Crippen molar-refractivity contribution in [3.8, 4) is 0 Å². The lowest BCUT2D eigenvalue weighted by Crippen LogP contribution is -2.68. The molecule has 0 heterocycles. The zero-order valence-electron chi connectivity index (χ0n) is 22.6. The Bertz CT molecular complexity index is 923. The minimum atomic E-state index is -0.638. The molecule has 0 saturated heterocycles. The molecule has 0 spiro atoms. The van der Waals surface area contributed by atoms with Crippen LogP contribution in [0.5, 0.6) is 0 Å². The van der Waals surface area contributed by atoms with Gasteiger partial charge >= 0.3 is 5.97 Å². The van der Waals surface area contributed by atoms with Crippen LogP contribution in [0.25, 0.3) is 0 Å². The average molecular weight is 473 g/mol. The van der Waals surface area contributed by atoms with Crippen molar-refractivity contribution in [3.63, 3.8) is 0 Å². The molecule has 0 radical (unpaired) electrons. The second-order valence-corrected chi connectivity index (χ2v) is 15.0. The molecule has 4 saturated carbocycles. The molecule has 4 fully saturated rings. The molecule has 4 heteroatoms. The number of aliphatic hydroxyl groups excluding tert-OH is 2. The van der Waals surface area contributed by atoms with E-state index in [9.17, 15) is 20.1 Å². The van der Waals surface area contributed by atoms with Crippen molar-refractivity contribution in [1.82, 2.24) is 0 Å². The van der Waals surface area contributed by atoms with Gasteiger partial charge in [0.05, 0.1) is 17.6 Å². The number of allylic oxidation sites excluding steroid dienone is 2. The summed E-state index contributed by atoms with van der Waals surface area (Å²) in [5, 5.41) is 32.5. The Kier molecular flexibility index (Phi) is 5.20. The zero-order valence-corrected chi connectivity index (χ0v) is 22.6. The fourth-order valence-corrected chi connectivity index (χ4v) is 10.5. The Morgan fingerprint density at radius 2 is 1.53 bits per heavy atom. The molecular weight excluding hydrogens is 424 g/mol. The molecule has 5 aliphatic rings. The molecule has 3 N–H and O–H groups in total. The highest BCUT2D eigenvalue weighted by molar-refractivity contribution is 5.74. The van der Waals surface area contributed by atoms with Gasteiger partial charge in [-0.2, -0.15) is 0 Å². The summed E-state index contributed by atoms with van der Waals surface area (Å²) in [4.78, 5) is 12.2. The predicted octanol–water partition coefficient (Wildman–Crippen LogP) is 6.20. The van der Waals surface area contributed by atoms with Gasteiger partial charge in [-0.25, -0.2) is 0 Å². The first-order valence-electron chi connectivity index (χ1n) is 13.9. The first-order valence-corrected chi connectivity index (χ1v) is 13.9. The van der Waals surface area contributed by atoms with Crippen molar-refractivity contribution in [2.24, 2.45) is 50.2 Å².